The zero-order valence-electron chi connectivity index (χ0n) is 10.9. The van der Waals surface area contributed by atoms with Gasteiger partial charge in [0.05, 0.1) is 0 Å². The molecule has 1 unspecified atom stereocenters. The number of aromatic nitrogens is 1. The summed E-state index contributed by atoms with van der Waals surface area (Å²) in [4.78, 5) is 15.7. The first-order valence-corrected chi connectivity index (χ1v) is 6.75. The lowest BCUT2D eigenvalue weighted by molar-refractivity contribution is -0.116. The van der Waals surface area contributed by atoms with Crippen LogP contribution in [0.15, 0.2) is 48.7 Å². The number of hydrogen-bond acceptors (Lipinski definition) is 3. The molecular weight excluding hydrogens is 274 g/mol. The molecule has 0 radical (unpaired) electrons. The molecule has 3 N–H and O–H groups in total. The maximum Gasteiger partial charge on any atom is 0.224 e. The summed E-state index contributed by atoms with van der Waals surface area (Å²) in [6.45, 7) is 0. The second kappa shape index (κ2) is 7.03. The summed E-state index contributed by atoms with van der Waals surface area (Å²) in [5.74, 6) is -0.0846. The molecule has 104 valence electrons. The van der Waals surface area contributed by atoms with Gasteiger partial charge in [0, 0.05) is 24.3 Å². The number of carbonyl (C=O) groups is 1. The Kier molecular flexibility index (Phi) is 5.09. The van der Waals surface area contributed by atoms with Crippen LogP contribution in [-0.4, -0.2) is 10.9 Å². The predicted octanol–water partition coefficient (Wildman–Crippen LogP) is 3.15. The zero-order chi connectivity index (χ0) is 14.4. The van der Waals surface area contributed by atoms with E-state index >= 15 is 0 Å². The summed E-state index contributed by atoms with van der Waals surface area (Å²) >= 11 is 5.75. The van der Waals surface area contributed by atoms with E-state index in [0.717, 1.165) is 5.56 Å². The van der Waals surface area contributed by atoms with E-state index in [-0.39, 0.29) is 11.9 Å². The van der Waals surface area contributed by atoms with Crippen LogP contribution in [0.3, 0.4) is 0 Å². The number of nitrogens with one attached hydrogen (secondary N) is 1. The third-order valence-corrected chi connectivity index (χ3v) is 3.13. The Morgan fingerprint density at radius 3 is 2.75 bits per heavy atom. The van der Waals surface area contributed by atoms with Crippen LogP contribution >= 0.6 is 11.6 Å². The molecule has 0 bridgehead atoms. The van der Waals surface area contributed by atoms with Gasteiger partial charge in [-0.1, -0.05) is 41.9 Å². The normalized spacial score (nSPS) is 11.9. The van der Waals surface area contributed by atoms with Crippen molar-refractivity contribution in [1.82, 2.24) is 4.98 Å². The average molecular weight is 290 g/mol. The van der Waals surface area contributed by atoms with E-state index in [0.29, 0.717) is 23.7 Å². The number of benzene rings is 1. The van der Waals surface area contributed by atoms with Crippen molar-refractivity contribution in [2.24, 2.45) is 5.73 Å². The molecule has 2 aromatic rings. The topological polar surface area (TPSA) is 68.0 Å². The number of anilines is 1. The molecule has 4 nitrogen and oxygen atoms in total. The Bertz CT molecular complexity index is 574. The average Bonchev–Trinajstić information content (AvgIpc) is 2.46. The Hall–Kier alpha value is -1.91. The quantitative estimate of drug-likeness (QED) is 0.831. The predicted molar refractivity (Wildman–Crippen MR) is 80.5 cm³/mol. The van der Waals surface area contributed by atoms with Gasteiger partial charge in [-0.15, -0.1) is 0 Å². The minimum Gasteiger partial charge on any atom is -0.326 e. The number of amides is 1. The van der Waals surface area contributed by atoms with Crippen molar-refractivity contribution >= 4 is 23.2 Å². The standard InChI is InChI=1S/C15H16ClN3O/c16-14-10-12(8-9-18-14)19-15(20)7-6-13(17)11-4-2-1-3-5-11/h1-5,8-10,13H,6-7,17H2,(H,18,19,20). The highest BCUT2D eigenvalue weighted by Gasteiger charge is 2.09. The molecule has 5 heteroatoms. The first-order valence-electron chi connectivity index (χ1n) is 6.37. The first kappa shape index (κ1) is 14.5. The van der Waals surface area contributed by atoms with E-state index in [1.165, 1.54) is 0 Å². The van der Waals surface area contributed by atoms with Crippen LogP contribution in [0.5, 0.6) is 0 Å². The summed E-state index contributed by atoms with van der Waals surface area (Å²) in [5, 5.41) is 3.12. The van der Waals surface area contributed by atoms with Gasteiger partial charge >= 0.3 is 0 Å². The molecule has 0 saturated carbocycles. The van der Waals surface area contributed by atoms with Crippen LogP contribution in [0.2, 0.25) is 5.15 Å². The van der Waals surface area contributed by atoms with Gasteiger partial charge in [-0.05, 0) is 24.1 Å². The van der Waals surface area contributed by atoms with Gasteiger partial charge in [0.25, 0.3) is 0 Å². The first-order chi connectivity index (χ1) is 9.65. The second-order valence-corrected chi connectivity index (χ2v) is 4.86. The van der Waals surface area contributed by atoms with Gasteiger partial charge in [-0.25, -0.2) is 4.98 Å². The minimum atomic E-state index is -0.136. The molecule has 0 saturated heterocycles. The van der Waals surface area contributed by atoms with Crippen LogP contribution in [0.4, 0.5) is 5.69 Å². The molecule has 1 aromatic heterocycles. The zero-order valence-corrected chi connectivity index (χ0v) is 11.7. The molecule has 1 amide bonds. The number of nitrogens with two attached hydrogens (primary N) is 1. The lowest BCUT2D eigenvalue weighted by Crippen LogP contribution is -2.16. The van der Waals surface area contributed by atoms with Crippen molar-refractivity contribution in [2.45, 2.75) is 18.9 Å². The number of hydrogen-bond donors (Lipinski definition) is 2. The van der Waals surface area contributed by atoms with E-state index in [1.807, 2.05) is 30.3 Å². The molecule has 0 fully saturated rings. The molecular formula is C15H16ClN3O. The minimum absolute atomic E-state index is 0.0846. The van der Waals surface area contributed by atoms with Crippen molar-refractivity contribution in [2.75, 3.05) is 5.32 Å². The highest BCUT2D eigenvalue weighted by atomic mass is 35.5. The molecule has 1 heterocycles. The van der Waals surface area contributed by atoms with Crippen LogP contribution in [0.25, 0.3) is 0 Å². The van der Waals surface area contributed by atoms with E-state index < -0.39 is 0 Å². The van der Waals surface area contributed by atoms with Gasteiger partial charge < -0.3 is 11.1 Å². The largest absolute Gasteiger partial charge is 0.326 e. The molecule has 1 aromatic carbocycles. The Labute approximate surface area is 123 Å². The summed E-state index contributed by atoms with van der Waals surface area (Å²) in [5.41, 5.74) is 7.73. The van der Waals surface area contributed by atoms with Crippen LogP contribution in [0, 0.1) is 0 Å². The third kappa shape index (κ3) is 4.33. The number of carbonyl (C=O) groups excluding carboxylic acids is 1. The van der Waals surface area contributed by atoms with Crippen molar-refractivity contribution in [3.63, 3.8) is 0 Å². The smallest absolute Gasteiger partial charge is 0.224 e. The molecule has 2 rings (SSSR count). The summed E-state index contributed by atoms with van der Waals surface area (Å²) in [6.07, 6.45) is 2.50. The third-order valence-electron chi connectivity index (χ3n) is 2.92. The second-order valence-electron chi connectivity index (χ2n) is 4.47. The molecule has 20 heavy (non-hydrogen) atoms. The van der Waals surface area contributed by atoms with E-state index in [4.69, 9.17) is 17.3 Å². The van der Waals surface area contributed by atoms with Crippen LogP contribution in [-0.2, 0) is 4.79 Å². The van der Waals surface area contributed by atoms with Gasteiger partial charge in [-0.2, -0.15) is 0 Å². The number of halogens is 1. The molecule has 0 aliphatic heterocycles. The fourth-order valence-electron chi connectivity index (χ4n) is 1.86. The lowest BCUT2D eigenvalue weighted by atomic mass is 10.0. The number of rotatable bonds is 5. The van der Waals surface area contributed by atoms with Gasteiger partial charge in [0.2, 0.25) is 5.91 Å². The van der Waals surface area contributed by atoms with Crippen molar-refractivity contribution in [3.05, 3.63) is 59.4 Å². The fraction of sp³-hybridized carbons (Fsp3) is 0.200. The van der Waals surface area contributed by atoms with Gasteiger partial charge in [0.1, 0.15) is 5.15 Å². The van der Waals surface area contributed by atoms with E-state index in [2.05, 4.69) is 10.3 Å². The summed E-state index contributed by atoms with van der Waals surface area (Å²) < 4.78 is 0. The molecule has 0 aliphatic carbocycles. The van der Waals surface area contributed by atoms with Gasteiger partial charge in [0.15, 0.2) is 0 Å². The van der Waals surface area contributed by atoms with Crippen LogP contribution < -0.4 is 11.1 Å². The van der Waals surface area contributed by atoms with Crippen molar-refractivity contribution in [1.29, 1.82) is 0 Å². The Morgan fingerprint density at radius 2 is 2.05 bits per heavy atom. The molecule has 0 spiro atoms. The SMILES string of the molecule is NC(CCC(=O)Nc1ccnc(Cl)c1)c1ccccc1. The summed E-state index contributed by atoms with van der Waals surface area (Å²) in [6, 6.07) is 12.9. The van der Waals surface area contributed by atoms with E-state index in [1.54, 1.807) is 18.3 Å². The maximum absolute atomic E-state index is 11.8. The Balaban J connectivity index is 1.83. The number of nitrogens with zero attached hydrogens (tertiary/aromatic N) is 1. The van der Waals surface area contributed by atoms with Gasteiger partial charge in [-0.3, -0.25) is 4.79 Å². The highest BCUT2D eigenvalue weighted by Crippen LogP contribution is 2.16. The van der Waals surface area contributed by atoms with Crippen molar-refractivity contribution in [3.8, 4) is 0 Å². The molecule has 0 aliphatic rings. The lowest BCUT2D eigenvalue weighted by Gasteiger charge is -2.11. The maximum atomic E-state index is 11.8. The van der Waals surface area contributed by atoms with Crippen LogP contribution in [0.1, 0.15) is 24.4 Å². The van der Waals surface area contributed by atoms with Crippen molar-refractivity contribution < 1.29 is 4.79 Å². The van der Waals surface area contributed by atoms with E-state index in [9.17, 15) is 4.79 Å². The molecule has 1 atom stereocenters. The highest BCUT2D eigenvalue weighted by molar-refractivity contribution is 6.29. The monoisotopic (exact) mass is 289 g/mol. The summed E-state index contributed by atoms with van der Waals surface area (Å²) in [7, 11) is 0. The Morgan fingerprint density at radius 1 is 1.30 bits per heavy atom. The number of pyridine rings is 1. The fourth-order valence-corrected chi connectivity index (χ4v) is 2.03.